The number of carbonyl (C=O) groups excluding carboxylic acids is 1. The summed E-state index contributed by atoms with van der Waals surface area (Å²) >= 11 is 5.89. The van der Waals surface area contributed by atoms with E-state index in [4.69, 9.17) is 11.6 Å². The van der Waals surface area contributed by atoms with Crippen molar-refractivity contribution >= 4 is 34.1 Å². The minimum Gasteiger partial charge on any atom is -0.350 e. The zero-order valence-electron chi connectivity index (χ0n) is 10.9. The molecule has 0 saturated carbocycles. The largest absolute Gasteiger partial charge is 0.350 e. The van der Waals surface area contributed by atoms with Crippen LogP contribution in [-0.2, 0) is 7.05 Å². The molecule has 0 aliphatic rings. The van der Waals surface area contributed by atoms with Crippen LogP contribution in [0.4, 0.5) is 5.69 Å². The lowest BCUT2D eigenvalue weighted by Gasteiger charge is -2.06. The number of rotatable bonds is 2. The number of amides is 1. The van der Waals surface area contributed by atoms with Crippen molar-refractivity contribution in [2.75, 3.05) is 5.32 Å². The second kappa shape index (κ2) is 5.02. The molecule has 2 aromatic carbocycles. The fourth-order valence-electron chi connectivity index (χ4n) is 2.17. The van der Waals surface area contributed by atoms with E-state index in [1.54, 1.807) is 24.3 Å². The van der Waals surface area contributed by atoms with Gasteiger partial charge in [-0.05, 0) is 41.8 Å². The fraction of sp³-hybridized carbons (Fsp3) is 0.0625. The molecule has 3 rings (SSSR count). The number of aryl methyl sites for hydroxylation is 1. The summed E-state index contributed by atoms with van der Waals surface area (Å²) in [4.78, 5) is 12.1. The SMILES string of the molecule is Cn1ccc2ccc(NC(=O)c3cccc(Cl)c3)cc21. The highest BCUT2D eigenvalue weighted by Crippen LogP contribution is 2.20. The number of halogens is 1. The van der Waals surface area contributed by atoms with Crippen molar-refractivity contribution in [1.29, 1.82) is 0 Å². The maximum atomic E-state index is 12.1. The third-order valence-corrected chi connectivity index (χ3v) is 3.47. The Bertz CT molecular complexity index is 792. The lowest BCUT2D eigenvalue weighted by molar-refractivity contribution is 0.102. The summed E-state index contributed by atoms with van der Waals surface area (Å²) in [5.41, 5.74) is 2.39. The molecular weight excluding hydrogens is 272 g/mol. The molecule has 0 aliphatic heterocycles. The van der Waals surface area contributed by atoms with Crippen LogP contribution in [-0.4, -0.2) is 10.5 Å². The third-order valence-electron chi connectivity index (χ3n) is 3.23. The number of hydrogen-bond donors (Lipinski definition) is 1. The van der Waals surface area contributed by atoms with Gasteiger partial charge in [0, 0.05) is 35.0 Å². The van der Waals surface area contributed by atoms with Gasteiger partial charge in [0.15, 0.2) is 0 Å². The van der Waals surface area contributed by atoms with Crippen molar-refractivity contribution in [2.24, 2.45) is 7.05 Å². The third kappa shape index (κ3) is 2.40. The van der Waals surface area contributed by atoms with E-state index in [-0.39, 0.29) is 5.91 Å². The van der Waals surface area contributed by atoms with E-state index < -0.39 is 0 Å². The topological polar surface area (TPSA) is 34.0 Å². The standard InChI is InChI=1S/C16H13ClN2O/c1-19-8-7-11-5-6-14(10-15(11)19)18-16(20)12-3-2-4-13(17)9-12/h2-10H,1H3,(H,18,20). The van der Waals surface area contributed by atoms with Gasteiger partial charge in [0.25, 0.3) is 5.91 Å². The van der Waals surface area contributed by atoms with Crippen LogP contribution in [0, 0.1) is 0 Å². The maximum Gasteiger partial charge on any atom is 0.255 e. The molecule has 4 heteroatoms. The first-order valence-electron chi connectivity index (χ1n) is 6.25. The zero-order chi connectivity index (χ0) is 14.1. The molecule has 1 heterocycles. The molecule has 0 unspecified atom stereocenters. The number of carbonyl (C=O) groups is 1. The summed E-state index contributed by atoms with van der Waals surface area (Å²) in [6.07, 6.45) is 1.99. The molecule has 1 N–H and O–H groups in total. The highest BCUT2D eigenvalue weighted by Gasteiger charge is 2.07. The summed E-state index contributed by atoms with van der Waals surface area (Å²) in [6, 6.07) is 14.8. The summed E-state index contributed by atoms with van der Waals surface area (Å²) in [5, 5.41) is 4.58. The minimum atomic E-state index is -0.166. The number of anilines is 1. The Hall–Kier alpha value is -2.26. The molecule has 0 radical (unpaired) electrons. The molecule has 20 heavy (non-hydrogen) atoms. The van der Waals surface area contributed by atoms with Crippen molar-refractivity contribution in [3.63, 3.8) is 0 Å². The van der Waals surface area contributed by atoms with Crippen LogP contribution in [0.3, 0.4) is 0 Å². The van der Waals surface area contributed by atoms with Gasteiger partial charge >= 0.3 is 0 Å². The number of hydrogen-bond acceptors (Lipinski definition) is 1. The lowest BCUT2D eigenvalue weighted by Crippen LogP contribution is -2.11. The van der Waals surface area contributed by atoms with Crippen LogP contribution in [0.2, 0.25) is 5.02 Å². The van der Waals surface area contributed by atoms with Gasteiger partial charge in [-0.1, -0.05) is 23.7 Å². The molecule has 0 bridgehead atoms. The molecule has 3 aromatic rings. The predicted molar refractivity (Wildman–Crippen MR) is 82.3 cm³/mol. The Balaban J connectivity index is 1.89. The molecule has 3 nitrogen and oxygen atoms in total. The molecular formula is C16H13ClN2O. The normalized spacial score (nSPS) is 10.7. The Labute approximate surface area is 121 Å². The van der Waals surface area contributed by atoms with E-state index in [1.165, 1.54) is 0 Å². The number of fused-ring (bicyclic) bond motifs is 1. The number of aromatic nitrogens is 1. The Morgan fingerprint density at radius 1 is 1.15 bits per heavy atom. The first kappa shape index (κ1) is 12.8. The summed E-state index contributed by atoms with van der Waals surface area (Å²) in [5.74, 6) is -0.166. The van der Waals surface area contributed by atoms with Crippen LogP contribution in [0.15, 0.2) is 54.7 Å². The Morgan fingerprint density at radius 2 is 2.00 bits per heavy atom. The van der Waals surface area contributed by atoms with Crippen LogP contribution >= 0.6 is 11.6 Å². The molecule has 0 saturated heterocycles. The second-order valence-electron chi connectivity index (χ2n) is 4.66. The first-order valence-corrected chi connectivity index (χ1v) is 6.63. The van der Waals surface area contributed by atoms with Crippen LogP contribution < -0.4 is 5.32 Å². The van der Waals surface area contributed by atoms with Crippen LogP contribution in [0.5, 0.6) is 0 Å². The second-order valence-corrected chi connectivity index (χ2v) is 5.10. The van der Waals surface area contributed by atoms with E-state index in [2.05, 4.69) is 5.32 Å². The summed E-state index contributed by atoms with van der Waals surface area (Å²) < 4.78 is 2.02. The Kier molecular flexibility index (Phi) is 3.20. The van der Waals surface area contributed by atoms with E-state index in [9.17, 15) is 4.79 Å². The van der Waals surface area contributed by atoms with Gasteiger partial charge in [-0.15, -0.1) is 0 Å². The van der Waals surface area contributed by atoms with Gasteiger partial charge in [0.1, 0.15) is 0 Å². The average Bonchev–Trinajstić information content (AvgIpc) is 2.80. The molecule has 100 valence electrons. The molecule has 1 amide bonds. The van der Waals surface area contributed by atoms with E-state index in [0.29, 0.717) is 10.6 Å². The van der Waals surface area contributed by atoms with Gasteiger partial charge in [-0.3, -0.25) is 4.79 Å². The van der Waals surface area contributed by atoms with Crippen molar-refractivity contribution in [2.45, 2.75) is 0 Å². The smallest absolute Gasteiger partial charge is 0.255 e. The van der Waals surface area contributed by atoms with Crippen LogP contribution in [0.25, 0.3) is 10.9 Å². The van der Waals surface area contributed by atoms with Gasteiger partial charge in [-0.25, -0.2) is 0 Å². The van der Waals surface area contributed by atoms with Gasteiger partial charge in [-0.2, -0.15) is 0 Å². The predicted octanol–water partition coefficient (Wildman–Crippen LogP) is 4.08. The number of nitrogens with zero attached hydrogens (tertiary/aromatic N) is 1. The highest BCUT2D eigenvalue weighted by molar-refractivity contribution is 6.31. The van der Waals surface area contributed by atoms with Crippen molar-refractivity contribution in [3.05, 3.63) is 65.3 Å². The summed E-state index contributed by atoms with van der Waals surface area (Å²) in [6.45, 7) is 0. The van der Waals surface area contributed by atoms with Crippen molar-refractivity contribution in [3.8, 4) is 0 Å². The van der Waals surface area contributed by atoms with Gasteiger partial charge < -0.3 is 9.88 Å². The zero-order valence-corrected chi connectivity index (χ0v) is 11.7. The lowest BCUT2D eigenvalue weighted by atomic mass is 10.2. The van der Waals surface area contributed by atoms with Crippen molar-refractivity contribution in [1.82, 2.24) is 4.57 Å². The molecule has 0 atom stereocenters. The molecule has 0 fully saturated rings. The van der Waals surface area contributed by atoms with E-state index >= 15 is 0 Å². The van der Waals surface area contributed by atoms with Crippen molar-refractivity contribution < 1.29 is 4.79 Å². The van der Waals surface area contributed by atoms with Gasteiger partial charge in [0.05, 0.1) is 0 Å². The van der Waals surface area contributed by atoms with Gasteiger partial charge in [0.2, 0.25) is 0 Å². The number of benzene rings is 2. The fourth-order valence-corrected chi connectivity index (χ4v) is 2.36. The minimum absolute atomic E-state index is 0.166. The molecule has 1 aromatic heterocycles. The number of nitrogens with one attached hydrogen (secondary N) is 1. The summed E-state index contributed by atoms with van der Waals surface area (Å²) in [7, 11) is 1.98. The highest BCUT2D eigenvalue weighted by atomic mass is 35.5. The first-order chi connectivity index (χ1) is 9.63. The van der Waals surface area contributed by atoms with E-state index in [0.717, 1.165) is 16.6 Å². The van der Waals surface area contributed by atoms with E-state index in [1.807, 2.05) is 42.1 Å². The van der Waals surface area contributed by atoms with Crippen LogP contribution in [0.1, 0.15) is 10.4 Å². The average molecular weight is 285 g/mol. The Morgan fingerprint density at radius 3 is 2.80 bits per heavy atom. The quantitative estimate of drug-likeness (QED) is 0.756. The molecule has 0 spiro atoms. The monoisotopic (exact) mass is 284 g/mol. The molecule has 0 aliphatic carbocycles. The maximum absolute atomic E-state index is 12.1.